The molecule has 112 valence electrons. The number of hydrogen-bond acceptors (Lipinski definition) is 4. The second-order valence-corrected chi connectivity index (χ2v) is 5.83. The molecule has 2 heterocycles. The van der Waals surface area contributed by atoms with Gasteiger partial charge >= 0.3 is 0 Å². The Morgan fingerprint density at radius 3 is 2.48 bits per heavy atom. The lowest BCUT2D eigenvalue weighted by Crippen LogP contribution is -2.46. The molecule has 0 bridgehead atoms. The highest BCUT2D eigenvalue weighted by molar-refractivity contribution is 5.18. The van der Waals surface area contributed by atoms with Gasteiger partial charge in [0, 0.05) is 38.3 Å². The lowest BCUT2D eigenvalue weighted by molar-refractivity contribution is 0.0917. The van der Waals surface area contributed by atoms with Crippen molar-refractivity contribution in [1.29, 1.82) is 0 Å². The summed E-state index contributed by atoms with van der Waals surface area (Å²) in [7, 11) is 0. The lowest BCUT2D eigenvalue weighted by Gasteiger charge is -2.37. The maximum absolute atomic E-state index is 5.31. The van der Waals surface area contributed by atoms with Gasteiger partial charge in [0.25, 0.3) is 0 Å². The molecule has 1 aromatic heterocycles. The van der Waals surface area contributed by atoms with E-state index in [2.05, 4.69) is 52.2 Å². The average molecular weight is 285 g/mol. The van der Waals surface area contributed by atoms with Gasteiger partial charge < -0.3 is 4.52 Å². The third kappa shape index (κ3) is 3.52. The standard InChI is InChI=1S/C17H23N3O/c1-14-12-17(21-18-14)13-19-8-10-20(11-9-19)15(2)16-6-4-3-5-7-16/h3-7,12,15H,8-11,13H2,1-2H3. The molecule has 0 amide bonds. The molecular weight excluding hydrogens is 262 g/mol. The Morgan fingerprint density at radius 1 is 1.14 bits per heavy atom. The predicted molar refractivity (Wildman–Crippen MR) is 82.9 cm³/mol. The number of benzene rings is 1. The minimum atomic E-state index is 0.487. The number of piperazine rings is 1. The monoisotopic (exact) mass is 285 g/mol. The summed E-state index contributed by atoms with van der Waals surface area (Å²) in [6, 6.07) is 13.3. The molecule has 0 aliphatic carbocycles. The quantitative estimate of drug-likeness (QED) is 0.864. The molecule has 1 atom stereocenters. The molecule has 0 saturated carbocycles. The van der Waals surface area contributed by atoms with E-state index in [1.165, 1.54) is 5.56 Å². The molecule has 1 fully saturated rings. The van der Waals surface area contributed by atoms with Crippen molar-refractivity contribution in [2.24, 2.45) is 0 Å². The Kier molecular flexibility index (Phi) is 4.36. The highest BCUT2D eigenvalue weighted by atomic mass is 16.5. The van der Waals surface area contributed by atoms with Crippen molar-refractivity contribution in [2.45, 2.75) is 26.4 Å². The van der Waals surface area contributed by atoms with E-state index in [9.17, 15) is 0 Å². The van der Waals surface area contributed by atoms with E-state index < -0.39 is 0 Å². The van der Waals surface area contributed by atoms with E-state index in [4.69, 9.17) is 4.52 Å². The Morgan fingerprint density at radius 2 is 1.86 bits per heavy atom. The van der Waals surface area contributed by atoms with Gasteiger partial charge in [-0.3, -0.25) is 9.80 Å². The maximum Gasteiger partial charge on any atom is 0.150 e. The van der Waals surface area contributed by atoms with Gasteiger partial charge in [-0.1, -0.05) is 35.5 Å². The fraction of sp³-hybridized carbons (Fsp3) is 0.471. The molecular formula is C17H23N3O. The van der Waals surface area contributed by atoms with Crippen LogP contribution in [0.3, 0.4) is 0 Å². The van der Waals surface area contributed by atoms with Gasteiger partial charge in [-0.2, -0.15) is 0 Å². The predicted octanol–water partition coefficient (Wildman–Crippen LogP) is 2.86. The fourth-order valence-electron chi connectivity index (χ4n) is 2.96. The minimum Gasteiger partial charge on any atom is -0.360 e. The highest BCUT2D eigenvalue weighted by Crippen LogP contribution is 2.21. The minimum absolute atomic E-state index is 0.487. The lowest BCUT2D eigenvalue weighted by atomic mass is 10.1. The first-order valence-electron chi connectivity index (χ1n) is 7.66. The van der Waals surface area contributed by atoms with Crippen LogP contribution in [-0.4, -0.2) is 41.1 Å². The molecule has 0 spiro atoms. The van der Waals surface area contributed by atoms with Gasteiger partial charge in [-0.05, 0) is 19.4 Å². The molecule has 1 aromatic carbocycles. The van der Waals surface area contributed by atoms with Crippen LogP contribution in [0.4, 0.5) is 0 Å². The third-order valence-corrected chi connectivity index (χ3v) is 4.29. The van der Waals surface area contributed by atoms with Crippen LogP contribution in [-0.2, 0) is 6.54 Å². The Labute approximate surface area is 126 Å². The third-order valence-electron chi connectivity index (χ3n) is 4.29. The Balaban J connectivity index is 1.53. The second kappa shape index (κ2) is 6.41. The molecule has 1 unspecified atom stereocenters. The number of rotatable bonds is 4. The van der Waals surface area contributed by atoms with Crippen LogP contribution < -0.4 is 0 Å². The number of nitrogens with zero attached hydrogens (tertiary/aromatic N) is 3. The van der Waals surface area contributed by atoms with Crippen molar-refractivity contribution >= 4 is 0 Å². The topological polar surface area (TPSA) is 32.5 Å². The number of aryl methyl sites for hydroxylation is 1. The van der Waals surface area contributed by atoms with Crippen molar-refractivity contribution in [3.8, 4) is 0 Å². The van der Waals surface area contributed by atoms with Crippen molar-refractivity contribution in [1.82, 2.24) is 15.0 Å². The molecule has 1 aliphatic heterocycles. The molecule has 1 aliphatic rings. The first-order chi connectivity index (χ1) is 10.2. The van der Waals surface area contributed by atoms with Gasteiger partial charge in [-0.15, -0.1) is 0 Å². The molecule has 0 radical (unpaired) electrons. The second-order valence-electron chi connectivity index (χ2n) is 5.83. The molecule has 3 rings (SSSR count). The van der Waals surface area contributed by atoms with Crippen LogP contribution in [0.1, 0.15) is 30.0 Å². The van der Waals surface area contributed by atoms with Gasteiger partial charge in [0.15, 0.2) is 5.76 Å². The molecule has 4 heteroatoms. The highest BCUT2D eigenvalue weighted by Gasteiger charge is 2.22. The summed E-state index contributed by atoms with van der Waals surface area (Å²) in [6.45, 7) is 9.49. The average Bonchev–Trinajstić information content (AvgIpc) is 2.93. The van der Waals surface area contributed by atoms with E-state index in [0.29, 0.717) is 6.04 Å². The van der Waals surface area contributed by atoms with Crippen LogP contribution in [0.25, 0.3) is 0 Å². The Hall–Kier alpha value is -1.65. The van der Waals surface area contributed by atoms with E-state index in [0.717, 1.165) is 44.2 Å². The first kappa shape index (κ1) is 14.3. The van der Waals surface area contributed by atoms with Crippen LogP contribution in [0.15, 0.2) is 40.9 Å². The first-order valence-corrected chi connectivity index (χ1v) is 7.66. The van der Waals surface area contributed by atoms with Crippen LogP contribution in [0, 0.1) is 6.92 Å². The zero-order valence-electron chi connectivity index (χ0n) is 12.8. The summed E-state index contributed by atoms with van der Waals surface area (Å²) in [4.78, 5) is 4.99. The van der Waals surface area contributed by atoms with Crippen LogP contribution in [0.5, 0.6) is 0 Å². The van der Waals surface area contributed by atoms with E-state index >= 15 is 0 Å². The van der Waals surface area contributed by atoms with Gasteiger partial charge in [0.05, 0.1) is 12.2 Å². The van der Waals surface area contributed by atoms with Crippen molar-refractivity contribution in [2.75, 3.05) is 26.2 Å². The molecule has 1 saturated heterocycles. The summed E-state index contributed by atoms with van der Waals surface area (Å²) in [5.41, 5.74) is 2.36. The van der Waals surface area contributed by atoms with E-state index in [1.807, 2.05) is 13.0 Å². The molecule has 2 aromatic rings. The SMILES string of the molecule is Cc1cc(CN2CCN(C(C)c3ccccc3)CC2)on1. The zero-order chi connectivity index (χ0) is 14.7. The Bertz CT molecular complexity index is 558. The summed E-state index contributed by atoms with van der Waals surface area (Å²) in [6.07, 6.45) is 0. The van der Waals surface area contributed by atoms with Crippen molar-refractivity contribution in [3.05, 3.63) is 53.4 Å². The van der Waals surface area contributed by atoms with Gasteiger partial charge in [0.1, 0.15) is 0 Å². The van der Waals surface area contributed by atoms with Gasteiger partial charge in [0.2, 0.25) is 0 Å². The molecule has 0 N–H and O–H groups in total. The zero-order valence-corrected chi connectivity index (χ0v) is 12.8. The normalized spacial score (nSPS) is 18.8. The maximum atomic E-state index is 5.31. The summed E-state index contributed by atoms with van der Waals surface area (Å²) < 4.78 is 5.31. The van der Waals surface area contributed by atoms with E-state index in [-0.39, 0.29) is 0 Å². The number of aromatic nitrogens is 1. The summed E-state index contributed by atoms with van der Waals surface area (Å²) in [5, 5.41) is 3.95. The van der Waals surface area contributed by atoms with Crippen LogP contribution >= 0.6 is 0 Å². The largest absolute Gasteiger partial charge is 0.360 e. The van der Waals surface area contributed by atoms with Gasteiger partial charge in [-0.25, -0.2) is 0 Å². The van der Waals surface area contributed by atoms with Crippen molar-refractivity contribution in [3.63, 3.8) is 0 Å². The van der Waals surface area contributed by atoms with Crippen LogP contribution in [0.2, 0.25) is 0 Å². The summed E-state index contributed by atoms with van der Waals surface area (Å²) >= 11 is 0. The fourth-order valence-corrected chi connectivity index (χ4v) is 2.96. The van der Waals surface area contributed by atoms with E-state index in [1.54, 1.807) is 0 Å². The number of hydrogen-bond donors (Lipinski definition) is 0. The van der Waals surface area contributed by atoms with Crippen molar-refractivity contribution < 1.29 is 4.52 Å². The molecule has 21 heavy (non-hydrogen) atoms. The molecule has 4 nitrogen and oxygen atoms in total. The summed E-state index contributed by atoms with van der Waals surface area (Å²) in [5.74, 6) is 0.969. The smallest absolute Gasteiger partial charge is 0.150 e.